The third-order valence-corrected chi connectivity index (χ3v) is 5.35. The van der Waals surface area contributed by atoms with Crippen molar-refractivity contribution >= 4 is 5.91 Å². The number of fused-ring (bicyclic) bond motifs is 1. The first-order valence-electron chi connectivity index (χ1n) is 8.90. The van der Waals surface area contributed by atoms with E-state index in [1.54, 1.807) is 7.11 Å². The molecule has 4 heteroatoms. The van der Waals surface area contributed by atoms with Crippen molar-refractivity contribution in [1.82, 2.24) is 10.2 Å². The van der Waals surface area contributed by atoms with Crippen LogP contribution in [-0.2, 0) is 11.3 Å². The molecule has 0 radical (unpaired) electrons. The van der Waals surface area contributed by atoms with Crippen LogP contribution in [0.25, 0.3) is 0 Å². The number of carbonyl (C=O) groups excluding carboxylic acids is 1. The first-order chi connectivity index (χ1) is 11.3. The van der Waals surface area contributed by atoms with E-state index >= 15 is 0 Å². The Balaban J connectivity index is 1.48. The van der Waals surface area contributed by atoms with Crippen molar-refractivity contribution in [1.29, 1.82) is 0 Å². The molecule has 2 atom stereocenters. The average molecular weight is 316 g/mol. The fraction of sp³-hybridized carbons (Fsp3) is 0.632. The number of methoxy groups -OCH3 is 1. The Kier molecular flexibility index (Phi) is 5.55. The summed E-state index contributed by atoms with van der Waals surface area (Å²) in [4.78, 5) is 14.7. The van der Waals surface area contributed by atoms with E-state index in [0.29, 0.717) is 19.1 Å². The average Bonchev–Trinajstić information content (AvgIpc) is 2.61. The van der Waals surface area contributed by atoms with E-state index in [2.05, 4.69) is 10.2 Å². The number of ether oxygens (including phenoxy) is 1. The molecular formula is C19H28N2O2. The van der Waals surface area contributed by atoms with Crippen molar-refractivity contribution in [3.63, 3.8) is 0 Å². The molecule has 1 aliphatic heterocycles. The smallest absolute Gasteiger partial charge is 0.234 e. The van der Waals surface area contributed by atoms with Crippen LogP contribution in [0.1, 0.15) is 44.1 Å². The molecular weight excluding hydrogens is 288 g/mol. The topological polar surface area (TPSA) is 41.6 Å². The van der Waals surface area contributed by atoms with Gasteiger partial charge in [-0.2, -0.15) is 0 Å². The van der Waals surface area contributed by atoms with Gasteiger partial charge in [-0.15, -0.1) is 0 Å². The van der Waals surface area contributed by atoms with E-state index in [1.165, 1.54) is 38.5 Å². The Morgan fingerprint density at radius 2 is 1.91 bits per heavy atom. The van der Waals surface area contributed by atoms with Gasteiger partial charge in [0, 0.05) is 12.6 Å². The molecule has 1 amide bonds. The van der Waals surface area contributed by atoms with Gasteiger partial charge in [0.25, 0.3) is 0 Å². The predicted octanol–water partition coefficient (Wildman–Crippen LogP) is 2.97. The van der Waals surface area contributed by atoms with Crippen LogP contribution in [0.5, 0.6) is 5.75 Å². The summed E-state index contributed by atoms with van der Waals surface area (Å²) < 4.78 is 5.15. The monoisotopic (exact) mass is 316 g/mol. The zero-order valence-electron chi connectivity index (χ0n) is 14.1. The van der Waals surface area contributed by atoms with Crippen molar-refractivity contribution in [3.8, 4) is 5.75 Å². The standard InChI is InChI=1S/C19H28N2O2/c1-23-17-10-8-15(9-11-17)13-20-19(22)14-21-12-4-6-16-5-2-3-7-18(16)21/h8-11,16,18H,2-7,12-14H2,1H3,(H,20,22)/t16-,18+/m1/s1. The lowest BCUT2D eigenvalue weighted by atomic mass is 9.78. The Labute approximate surface area is 139 Å². The van der Waals surface area contributed by atoms with Crippen LogP contribution in [0.4, 0.5) is 0 Å². The molecule has 1 saturated heterocycles. The third kappa shape index (κ3) is 4.25. The first-order valence-corrected chi connectivity index (χ1v) is 8.90. The fourth-order valence-corrected chi connectivity index (χ4v) is 4.11. The summed E-state index contributed by atoms with van der Waals surface area (Å²) in [7, 11) is 1.66. The van der Waals surface area contributed by atoms with E-state index in [9.17, 15) is 4.79 Å². The van der Waals surface area contributed by atoms with Gasteiger partial charge in [0.15, 0.2) is 0 Å². The van der Waals surface area contributed by atoms with Crippen LogP contribution in [0.15, 0.2) is 24.3 Å². The molecule has 0 bridgehead atoms. The Morgan fingerprint density at radius 1 is 1.17 bits per heavy atom. The number of hydrogen-bond donors (Lipinski definition) is 1. The normalized spacial score (nSPS) is 24.7. The molecule has 23 heavy (non-hydrogen) atoms. The maximum Gasteiger partial charge on any atom is 0.234 e. The van der Waals surface area contributed by atoms with Gasteiger partial charge >= 0.3 is 0 Å². The fourth-order valence-electron chi connectivity index (χ4n) is 4.11. The van der Waals surface area contributed by atoms with Crippen LogP contribution >= 0.6 is 0 Å². The molecule has 1 aromatic carbocycles. The molecule has 1 saturated carbocycles. The quantitative estimate of drug-likeness (QED) is 0.908. The molecule has 1 N–H and O–H groups in total. The van der Waals surface area contributed by atoms with Gasteiger partial charge in [0.05, 0.1) is 13.7 Å². The molecule has 1 aliphatic carbocycles. The SMILES string of the molecule is COc1ccc(CNC(=O)CN2CCC[C@H]3CCCC[C@@H]32)cc1. The number of amides is 1. The second kappa shape index (κ2) is 7.82. The summed E-state index contributed by atoms with van der Waals surface area (Å²) in [6.07, 6.45) is 7.93. The summed E-state index contributed by atoms with van der Waals surface area (Å²) >= 11 is 0. The molecule has 0 aromatic heterocycles. The molecule has 1 aromatic rings. The first kappa shape index (κ1) is 16.3. The molecule has 4 nitrogen and oxygen atoms in total. The highest BCUT2D eigenvalue weighted by Gasteiger charge is 2.33. The number of likely N-dealkylation sites (tertiary alicyclic amines) is 1. The van der Waals surface area contributed by atoms with Crippen LogP contribution in [0, 0.1) is 5.92 Å². The minimum atomic E-state index is 0.145. The van der Waals surface area contributed by atoms with Crippen LogP contribution in [0.3, 0.4) is 0 Å². The number of nitrogens with zero attached hydrogens (tertiary/aromatic N) is 1. The van der Waals surface area contributed by atoms with Crippen molar-refractivity contribution in [2.24, 2.45) is 5.92 Å². The van der Waals surface area contributed by atoms with Crippen LogP contribution in [0.2, 0.25) is 0 Å². The summed E-state index contributed by atoms with van der Waals surface area (Å²) in [6, 6.07) is 8.50. The van der Waals surface area contributed by atoms with Crippen LogP contribution < -0.4 is 10.1 Å². The Bertz CT molecular complexity index is 513. The minimum Gasteiger partial charge on any atom is -0.497 e. The number of nitrogens with one attached hydrogen (secondary N) is 1. The molecule has 0 unspecified atom stereocenters. The molecule has 1 heterocycles. The van der Waals surface area contributed by atoms with Gasteiger partial charge in [0.1, 0.15) is 5.75 Å². The van der Waals surface area contributed by atoms with E-state index in [0.717, 1.165) is 23.8 Å². The molecule has 0 spiro atoms. The Hall–Kier alpha value is -1.55. The van der Waals surface area contributed by atoms with E-state index in [-0.39, 0.29) is 5.91 Å². The zero-order valence-corrected chi connectivity index (χ0v) is 14.1. The highest BCUT2D eigenvalue weighted by molar-refractivity contribution is 5.78. The highest BCUT2D eigenvalue weighted by atomic mass is 16.5. The van der Waals surface area contributed by atoms with Gasteiger partial charge in [-0.25, -0.2) is 0 Å². The largest absolute Gasteiger partial charge is 0.497 e. The third-order valence-electron chi connectivity index (χ3n) is 5.35. The summed E-state index contributed by atoms with van der Waals surface area (Å²) in [5.41, 5.74) is 1.10. The van der Waals surface area contributed by atoms with Gasteiger partial charge in [-0.1, -0.05) is 25.0 Å². The minimum absolute atomic E-state index is 0.145. The molecule has 126 valence electrons. The summed E-state index contributed by atoms with van der Waals surface area (Å²) in [6.45, 7) is 2.22. The lowest BCUT2D eigenvalue weighted by molar-refractivity contribution is -0.124. The zero-order chi connectivity index (χ0) is 16.1. The lowest BCUT2D eigenvalue weighted by Gasteiger charge is -2.43. The second-order valence-corrected chi connectivity index (χ2v) is 6.85. The number of carbonyl (C=O) groups is 1. The van der Waals surface area contributed by atoms with Crippen molar-refractivity contribution < 1.29 is 9.53 Å². The van der Waals surface area contributed by atoms with E-state index in [1.807, 2.05) is 24.3 Å². The number of benzene rings is 1. The summed E-state index contributed by atoms with van der Waals surface area (Å²) in [5.74, 6) is 1.82. The van der Waals surface area contributed by atoms with Gasteiger partial charge < -0.3 is 10.1 Å². The van der Waals surface area contributed by atoms with Crippen molar-refractivity contribution in [3.05, 3.63) is 29.8 Å². The van der Waals surface area contributed by atoms with Gasteiger partial charge in [-0.3, -0.25) is 9.69 Å². The lowest BCUT2D eigenvalue weighted by Crippen LogP contribution is -2.50. The molecule has 2 fully saturated rings. The van der Waals surface area contributed by atoms with E-state index < -0.39 is 0 Å². The van der Waals surface area contributed by atoms with E-state index in [4.69, 9.17) is 4.74 Å². The van der Waals surface area contributed by atoms with Gasteiger partial charge in [0.2, 0.25) is 5.91 Å². The second-order valence-electron chi connectivity index (χ2n) is 6.85. The number of hydrogen-bond acceptors (Lipinski definition) is 3. The van der Waals surface area contributed by atoms with Gasteiger partial charge in [-0.05, 0) is 55.8 Å². The maximum atomic E-state index is 12.3. The number of piperidine rings is 1. The highest BCUT2D eigenvalue weighted by Crippen LogP contribution is 2.34. The predicted molar refractivity (Wildman–Crippen MR) is 91.4 cm³/mol. The maximum absolute atomic E-state index is 12.3. The molecule has 3 rings (SSSR count). The summed E-state index contributed by atoms with van der Waals surface area (Å²) in [5, 5.41) is 3.06. The van der Waals surface area contributed by atoms with Crippen molar-refractivity contribution in [2.45, 2.75) is 51.1 Å². The number of rotatable bonds is 5. The van der Waals surface area contributed by atoms with Crippen molar-refractivity contribution in [2.75, 3.05) is 20.2 Å². The molecule has 2 aliphatic rings. The Morgan fingerprint density at radius 3 is 2.70 bits per heavy atom. The van der Waals surface area contributed by atoms with Crippen LogP contribution in [-0.4, -0.2) is 37.0 Å².